The van der Waals surface area contributed by atoms with E-state index in [1.807, 2.05) is 25.4 Å². The van der Waals surface area contributed by atoms with E-state index < -0.39 is 0 Å². The highest BCUT2D eigenvalue weighted by molar-refractivity contribution is 5.94. The lowest BCUT2D eigenvalue weighted by atomic mass is 9.97. The summed E-state index contributed by atoms with van der Waals surface area (Å²) in [5.41, 5.74) is 2.05. The van der Waals surface area contributed by atoms with E-state index in [4.69, 9.17) is 0 Å². The van der Waals surface area contributed by atoms with E-state index in [1.54, 1.807) is 11.1 Å². The number of hydrogen-bond donors (Lipinski definition) is 1. The van der Waals surface area contributed by atoms with Gasteiger partial charge < -0.3 is 14.8 Å². The summed E-state index contributed by atoms with van der Waals surface area (Å²) >= 11 is 0. The highest BCUT2D eigenvalue weighted by atomic mass is 16.2. The molecular formula is C18H24N4O. The molecule has 5 nitrogen and oxygen atoms in total. The molecule has 1 aliphatic rings. The lowest BCUT2D eigenvalue weighted by Gasteiger charge is -2.18. The molecule has 23 heavy (non-hydrogen) atoms. The van der Waals surface area contributed by atoms with Crippen molar-refractivity contribution in [2.24, 2.45) is 0 Å². The Morgan fingerprint density at radius 1 is 1.39 bits per heavy atom. The first-order chi connectivity index (χ1) is 11.2. The number of nitrogens with zero attached hydrogens (tertiary/aromatic N) is 3. The van der Waals surface area contributed by atoms with Crippen molar-refractivity contribution in [3.05, 3.63) is 53.6 Å². The molecule has 0 radical (unpaired) electrons. The zero-order valence-corrected chi connectivity index (χ0v) is 13.8. The third kappa shape index (κ3) is 3.45. The maximum atomic E-state index is 12.6. The van der Waals surface area contributed by atoms with E-state index in [-0.39, 0.29) is 5.91 Å². The number of imidazole rings is 1. The molecule has 5 heteroatoms. The van der Waals surface area contributed by atoms with Crippen molar-refractivity contribution in [1.82, 2.24) is 19.8 Å². The Kier molecular flexibility index (Phi) is 4.76. The summed E-state index contributed by atoms with van der Waals surface area (Å²) in [6.45, 7) is 5.57. The van der Waals surface area contributed by atoms with Crippen LogP contribution in [0.2, 0.25) is 0 Å². The van der Waals surface area contributed by atoms with Gasteiger partial charge in [-0.3, -0.25) is 4.79 Å². The van der Waals surface area contributed by atoms with E-state index in [0.717, 1.165) is 31.0 Å². The maximum Gasteiger partial charge on any atom is 0.254 e. The summed E-state index contributed by atoms with van der Waals surface area (Å²) in [6.07, 6.45) is 4.90. The van der Waals surface area contributed by atoms with E-state index in [1.165, 1.54) is 12.0 Å². The van der Waals surface area contributed by atoms with Gasteiger partial charge in [0.15, 0.2) is 0 Å². The Morgan fingerprint density at radius 2 is 2.17 bits per heavy atom. The highest BCUT2D eigenvalue weighted by Crippen LogP contribution is 2.22. The molecule has 1 fully saturated rings. The third-order valence-electron chi connectivity index (χ3n) is 4.56. The minimum atomic E-state index is 0.0340. The zero-order chi connectivity index (χ0) is 16.2. The number of aryl methyl sites for hydroxylation is 1. The van der Waals surface area contributed by atoms with Gasteiger partial charge in [0.25, 0.3) is 5.91 Å². The molecule has 1 atom stereocenters. The molecular weight excluding hydrogens is 288 g/mol. The van der Waals surface area contributed by atoms with Gasteiger partial charge in [0.05, 0.1) is 6.54 Å². The van der Waals surface area contributed by atoms with Gasteiger partial charge in [0.2, 0.25) is 0 Å². The van der Waals surface area contributed by atoms with E-state index in [2.05, 4.69) is 33.9 Å². The SMILES string of the molecule is CCn1ccnc1CN(C)C(=O)c1ccc([C@@H]2CCNC2)cc1. The molecule has 0 unspecified atom stereocenters. The lowest BCUT2D eigenvalue weighted by molar-refractivity contribution is 0.0780. The second-order valence-electron chi connectivity index (χ2n) is 6.10. The van der Waals surface area contributed by atoms with Gasteiger partial charge in [-0.2, -0.15) is 0 Å². The molecule has 1 aromatic heterocycles. The molecule has 0 bridgehead atoms. The van der Waals surface area contributed by atoms with Crippen molar-refractivity contribution in [2.45, 2.75) is 32.4 Å². The van der Waals surface area contributed by atoms with Crippen LogP contribution in [0.1, 0.15) is 41.0 Å². The molecule has 0 saturated carbocycles. The Balaban J connectivity index is 1.67. The second kappa shape index (κ2) is 6.96. The number of aromatic nitrogens is 2. The number of benzene rings is 1. The van der Waals surface area contributed by atoms with Crippen LogP contribution in [-0.4, -0.2) is 40.5 Å². The summed E-state index contributed by atoms with van der Waals surface area (Å²) in [7, 11) is 1.83. The fourth-order valence-corrected chi connectivity index (χ4v) is 3.12. The fourth-order valence-electron chi connectivity index (χ4n) is 3.12. The van der Waals surface area contributed by atoms with Crippen LogP contribution >= 0.6 is 0 Å². The van der Waals surface area contributed by atoms with Crippen molar-refractivity contribution in [2.75, 3.05) is 20.1 Å². The highest BCUT2D eigenvalue weighted by Gasteiger charge is 2.18. The quantitative estimate of drug-likeness (QED) is 0.921. The predicted molar refractivity (Wildman–Crippen MR) is 90.4 cm³/mol. The van der Waals surface area contributed by atoms with E-state index >= 15 is 0 Å². The maximum absolute atomic E-state index is 12.6. The van der Waals surface area contributed by atoms with Crippen molar-refractivity contribution < 1.29 is 4.79 Å². The first-order valence-electron chi connectivity index (χ1n) is 8.25. The molecule has 1 aliphatic heterocycles. The minimum absolute atomic E-state index is 0.0340. The number of carbonyl (C=O) groups excluding carboxylic acids is 1. The molecule has 122 valence electrons. The summed E-state index contributed by atoms with van der Waals surface area (Å²) in [5.74, 6) is 1.53. The Bertz CT molecular complexity index is 656. The Morgan fingerprint density at radius 3 is 2.83 bits per heavy atom. The monoisotopic (exact) mass is 312 g/mol. The van der Waals surface area contributed by atoms with Crippen molar-refractivity contribution in [1.29, 1.82) is 0 Å². The summed E-state index contributed by atoms with van der Waals surface area (Å²) in [6, 6.07) is 8.06. The van der Waals surface area contributed by atoms with Crippen LogP contribution in [0.25, 0.3) is 0 Å². The van der Waals surface area contributed by atoms with E-state index in [9.17, 15) is 4.79 Å². The average molecular weight is 312 g/mol. The van der Waals surface area contributed by atoms with Crippen LogP contribution in [-0.2, 0) is 13.1 Å². The first-order valence-corrected chi connectivity index (χ1v) is 8.25. The van der Waals surface area contributed by atoms with Gasteiger partial charge in [0, 0.05) is 38.1 Å². The molecule has 1 N–H and O–H groups in total. The molecule has 1 aromatic carbocycles. The molecule has 3 rings (SSSR count). The number of nitrogens with one attached hydrogen (secondary N) is 1. The van der Waals surface area contributed by atoms with Crippen LogP contribution in [0, 0.1) is 0 Å². The smallest absolute Gasteiger partial charge is 0.254 e. The van der Waals surface area contributed by atoms with E-state index in [0.29, 0.717) is 12.5 Å². The first kappa shape index (κ1) is 15.7. The number of amides is 1. The number of carbonyl (C=O) groups is 1. The second-order valence-corrected chi connectivity index (χ2v) is 6.10. The summed E-state index contributed by atoms with van der Waals surface area (Å²) in [4.78, 5) is 18.6. The van der Waals surface area contributed by atoms with Gasteiger partial charge in [-0.15, -0.1) is 0 Å². The third-order valence-corrected chi connectivity index (χ3v) is 4.56. The van der Waals surface area contributed by atoms with Crippen LogP contribution < -0.4 is 5.32 Å². The van der Waals surface area contributed by atoms with Crippen LogP contribution in [0.5, 0.6) is 0 Å². The molecule has 2 heterocycles. The molecule has 1 amide bonds. The van der Waals surface area contributed by atoms with Gasteiger partial charge in [-0.25, -0.2) is 4.98 Å². The number of rotatable bonds is 5. The van der Waals surface area contributed by atoms with Gasteiger partial charge in [-0.05, 0) is 43.5 Å². The topological polar surface area (TPSA) is 50.2 Å². The fraction of sp³-hybridized carbons (Fsp3) is 0.444. The predicted octanol–water partition coefficient (Wildman–Crippen LogP) is 2.25. The molecule has 0 spiro atoms. The van der Waals surface area contributed by atoms with Gasteiger partial charge >= 0.3 is 0 Å². The molecule has 1 saturated heterocycles. The minimum Gasteiger partial charge on any atom is -0.334 e. The van der Waals surface area contributed by atoms with Gasteiger partial charge in [0.1, 0.15) is 5.82 Å². The zero-order valence-electron chi connectivity index (χ0n) is 13.8. The van der Waals surface area contributed by atoms with Crippen molar-refractivity contribution >= 4 is 5.91 Å². The van der Waals surface area contributed by atoms with Crippen molar-refractivity contribution in [3.8, 4) is 0 Å². The van der Waals surface area contributed by atoms with Crippen LogP contribution in [0.4, 0.5) is 0 Å². The normalized spacial score (nSPS) is 17.4. The van der Waals surface area contributed by atoms with Crippen LogP contribution in [0.15, 0.2) is 36.7 Å². The van der Waals surface area contributed by atoms with Crippen molar-refractivity contribution in [3.63, 3.8) is 0 Å². The number of hydrogen-bond acceptors (Lipinski definition) is 3. The average Bonchev–Trinajstić information content (AvgIpc) is 3.25. The summed E-state index contributed by atoms with van der Waals surface area (Å²) in [5, 5.41) is 3.38. The Hall–Kier alpha value is -2.14. The molecule has 2 aromatic rings. The largest absolute Gasteiger partial charge is 0.334 e. The molecule has 0 aliphatic carbocycles. The van der Waals surface area contributed by atoms with Crippen LogP contribution in [0.3, 0.4) is 0 Å². The Labute approximate surface area is 137 Å². The summed E-state index contributed by atoms with van der Waals surface area (Å²) < 4.78 is 2.06. The standard InChI is InChI=1S/C18H24N4O/c1-3-22-11-10-20-17(22)13-21(2)18(23)15-6-4-14(5-7-15)16-8-9-19-12-16/h4-7,10-11,16,19H,3,8-9,12-13H2,1-2H3/t16-/m1/s1. The van der Waals surface area contributed by atoms with Gasteiger partial charge in [-0.1, -0.05) is 12.1 Å². The lowest BCUT2D eigenvalue weighted by Crippen LogP contribution is -2.27.